The molecule has 1 aromatic carbocycles. The van der Waals surface area contributed by atoms with Crippen molar-refractivity contribution in [3.63, 3.8) is 0 Å². The van der Waals surface area contributed by atoms with E-state index in [4.69, 9.17) is 4.98 Å². The summed E-state index contributed by atoms with van der Waals surface area (Å²) in [5.74, 6) is 1.73. The summed E-state index contributed by atoms with van der Waals surface area (Å²) in [4.78, 5) is 14.0. The van der Waals surface area contributed by atoms with Crippen LogP contribution >= 0.6 is 0 Å². The number of rotatable bonds is 3. The van der Waals surface area contributed by atoms with Gasteiger partial charge >= 0.3 is 0 Å². The van der Waals surface area contributed by atoms with Crippen LogP contribution in [0.25, 0.3) is 0 Å². The average molecular weight is 325 g/mol. The number of hydrogen-bond acceptors (Lipinski definition) is 5. The van der Waals surface area contributed by atoms with E-state index in [9.17, 15) is 0 Å². The molecule has 1 fully saturated rings. The molecular weight excluding hydrogens is 298 g/mol. The second kappa shape index (κ2) is 6.67. The van der Waals surface area contributed by atoms with Gasteiger partial charge in [-0.25, -0.2) is 4.98 Å². The number of nitrogens with one attached hydrogen (secondary N) is 1. The minimum atomic E-state index is -0.0446. The van der Waals surface area contributed by atoms with E-state index in [2.05, 4.69) is 77.3 Å². The van der Waals surface area contributed by atoms with E-state index in [0.717, 1.165) is 37.7 Å². The van der Waals surface area contributed by atoms with Crippen LogP contribution in [0.1, 0.15) is 26.5 Å². The molecule has 0 amide bonds. The highest BCUT2D eigenvalue weighted by atomic mass is 15.3. The van der Waals surface area contributed by atoms with Gasteiger partial charge in [0, 0.05) is 49.2 Å². The molecule has 0 bridgehead atoms. The van der Waals surface area contributed by atoms with Crippen molar-refractivity contribution in [3.05, 3.63) is 42.1 Å². The van der Waals surface area contributed by atoms with Gasteiger partial charge in [0.2, 0.25) is 5.95 Å². The predicted octanol–water partition coefficient (Wildman–Crippen LogP) is 3.32. The number of hydrogen-bond donors (Lipinski definition) is 1. The van der Waals surface area contributed by atoms with E-state index in [1.165, 1.54) is 5.69 Å². The number of piperazine rings is 1. The Labute approximate surface area is 144 Å². The van der Waals surface area contributed by atoms with Gasteiger partial charge in [0.05, 0.1) is 0 Å². The Morgan fingerprint density at radius 1 is 0.917 bits per heavy atom. The molecule has 0 saturated carbocycles. The van der Waals surface area contributed by atoms with Crippen molar-refractivity contribution in [2.24, 2.45) is 0 Å². The van der Waals surface area contributed by atoms with Crippen molar-refractivity contribution in [1.82, 2.24) is 9.97 Å². The summed E-state index contributed by atoms with van der Waals surface area (Å²) >= 11 is 0. The summed E-state index contributed by atoms with van der Waals surface area (Å²) in [6.07, 6.45) is 0. The third-order valence-electron chi connectivity index (χ3n) is 4.05. The number of benzene rings is 1. The third kappa shape index (κ3) is 4.16. The van der Waals surface area contributed by atoms with Crippen molar-refractivity contribution in [3.8, 4) is 0 Å². The van der Waals surface area contributed by atoms with Gasteiger partial charge in [-0.3, -0.25) is 0 Å². The second-order valence-corrected chi connectivity index (χ2v) is 7.38. The molecule has 3 rings (SSSR count). The van der Waals surface area contributed by atoms with Crippen LogP contribution in [0.2, 0.25) is 0 Å². The van der Waals surface area contributed by atoms with Gasteiger partial charge in [-0.1, -0.05) is 18.2 Å². The highest BCUT2D eigenvalue weighted by Crippen LogP contribution is 2.21. The van der Waals surface area contributed by atoms with Gasteiger partial charge < -0.3 is 15.1 Å². The van der Waals surface area contributed by atoms with Gasteiger partial charge in [0.15, 0.2) is 0 Å². The lowest BCUT2D eigenvalue weighted by molar-refractivity contribution is 0.621. The molecule has 5 nitrogen and oxygen atoms in total. The van der Waals surface area contributed by atoms with Gasteiger partial charge in [-0.15, -0.1) is 0 Å². The fourth-order valence-electron chi connectivity index (χ4n) is 2.94. The maximum atomic E-state index is 4.73. The maximum absolute atomic E-state index is 4.73. The van der Waals surface area contributed by atoms with E-state index < -0.39 is 0 Å². The first-order valence-corrected chi connectivity index (χ1v) is 8.59. The quantitative estimate of drug-likeness (QED) is 0.938. The van der Waals surface area contributed by atoms with Crippen LogP contribution in [0.5, 0.6) is 0 Å². The Balaban J connectivity index is 1.70. The Bertz CT molecular complexity index is 670. The molecule has 24 heavy (non-hydrogen) atoms. The van der Waals surface area contributed by atoms with E-state index in [1.54, 1.807) is 0 Å². The molecule has 5 heteroatoms. The number of aromatic nitrogens is 2. The smallest absolute Gasteiger partial charge is 0.225 e. The molecule has 1 saturated heterocycles. The number of aryl methyl sites for hydroxylation is 1. The molecule has 1 aliphatic heterocycles. The first-order valence-electron chi connectivity index (χ1n) is 8.59. The first kappa shape index (κ1) is 16.6. The van der Waals surface area contributed by atoms with Crippen LogP contribution in [0.4, 0.5) is 17.5 Å². The van der Waals surface area contributed by atoms with Crippen molar-refractivity contribution in [2.75, 3.05) is 41.3 Å². The molecule has 128 valence electrons. The lowest BCUT2D eigenvalue weighted by atomic mass is 10.1. The summed E-state index contributed by atoms with van der Waals surface area (Å²) in [7, 11) is 0. The zero-order valence-electron chi connectivity index (χ0n) is 15.1. The summed E-state index contributed by atoms with van der Waals surface area (Å²) in [6, 6.07) is 12.7. The Kier molecular flexibility index (Phi) is 4.60. The molecule has 1 aromatic heterocycles. The largest absolute Gasteiger partial charge is 0.368 e. The monoisotopic (exact) mass is 325 g/mol. The Morgan fingerprint density at radius 2 is 1.54 bits per heavy atom. The minimum absolute atomic E-state index is 0.0446. The molecule has 0 radical (unpaired) electrons. The van der Waals surface area contributed by atoms with Crippen LogP contribution in [-0.2, 0) is 0 Å². The zero-order chi connectivity index (χ0) is 17.2. The van der Waals surface area contributed by atoms with Gasteiger partial charge in [-0.05, 0) is 39.8 Å². The van der Waals surface area contributed by atoms with Crippen LogP contribution in [0, 0.1) is 6.92 Å². The maximum Gasteiger partial charge on any atom is 0.225 e. The van der Waals surface area contributed by atoms with E-state index in [-0.39, 0.29) is 5.54 Å². The predicted molar refractivity (Wildman–Crippen MR) is 101 cm³/mol. The SMILES string of the molecule is Cc1cc(N2CCN(c3ccccc3)CC2)nc(NC(C)(C)C)n1. The molecule has 2 aromatic rings. The Morgan fingerprint density at radius 3 is 2.17 bits per heavy atom. The molecule has 0 atom stereocenters. The van der Waals surface area contributed by atoms with Crippen molar-refractivity contribution in [2.45, 2.75) is 33.2 Å². The molecular formula is C19H27N5. The third-order valence-corrected chi connectivity index (χ3v) is 4.05. The van der Waals surface area contributed by atoms with Gasteiger partial charge in [-0.2, -0.15) is 4.98 Å². The highest BCUT2D eigenvalue weighted by Gasteiger charge is 2.20. The zero-order valence-corrected chi connectivity index (χ0v) is 15.1. The highest BCUT2D eigenvalue weighted by molar-refractivity contribution is 5.50. The summed E-state index contributed by atoms with van der Waals surface area (Å²) < 4.78 is 0. The molecule has 2 heterocycles. The average Bonchev–Trinajstić information content (AvgIpc) is 2.54. The fourth-order valence-corrected chi connectivity index (χ4v) is 2.94. The molecule has 1 N–H and O–H groups in total. The van der Waals surface area contributed by atoms with Crippen LogP contribution in [0.3, 0.4) is 0 Å². The van der Waals surface area contributed by atoms with Crippen LogP contribution in [-0.4, -0.2) is 41.7 Å². The second-order valence-electron chi connectivity index (χ2n) is 7.38. The number of nitrogens with zero attached hydrogens (tertiary/aromatic N) is 4. The van der Waals surface area contributed by atoms with E-state index >= 15 is 0 Å². The van der Waals surface area contributed by atoms with E-state index in [1.807, 2.05) is 6.92 Å². The Hall–Kier alpha value is -2.30. The van der Waals surface area contributed by atoms with Gasteiger partial charge in [0.1, 0.15) is 5.82 Å². The molecule has 0 aliphatic carbocycles. The van der Waals surface area contributed by atoms with Gasteiger partial charge in [0.25, 0.3) is 0 Å². The molecule has 0 unspecified atom stereocenters. The standard InChI is InChI=1S/C19H27N5/c1-15-14-17(21-18(20-15)22-19(2,3)4)24-12-10-23(11-13-24)16-8-6-5-7-9-16/h5-9,14H,10-13H2,1-4H3,(H,20,21,22). The van der Waals surface area contributed by atoms with Crippen LogP contribution < -0.4 is 15.1 Å². The summed E-state index contributed by atoms with van der Waals surface area (Å²) in [5, 5.41) is 3.38. The number of anilines is 3. The number of para-hydroxylation sites is 1. The summed E-state index contributed by atoms with van der Waals surface area (Å²) in [5.41, 5.74) is 2.25. The normalized spacial score (nSPS) is 15.5. The first-order chi connectivity index (χ1) is 11.4. The van der Waals surface area contributed by atoms with Crippen molar-refractivity contribution >= 4 is 17.5 Å². The molecule has 1 aliphatic rings. The molecule has 0 spiro atoms. The van der Waals surface area contributed by atoms with Crippen molar-refractivity contribution < 1.29 is 0 Å². The van der Waals surface area contributed by atoms with Crippen LogP contribution in [0.15, 0.2) is 36.4 Å². The minimum Gasteiger partial charge on any atom is -0.368 e. The lowest BCUT2D eigenvalue weighted by Gasteiger charge is -2.37. The summed E-state index contributed by atoms with van der Waals surface area (Å²) in [6.45, 7) is 12.4. The topological polar surface area (TPSA) is 44.3 Å². The van der Waals surface area contributed by atoms with E-state index in [0.29, 0.717) is 5.95 Å². The van der Waals surface area contributed by atoms with Crippen molar-refractivity contribution in [1.29, 1.82) is 0 Å². The fraction of sp³-hybridized carbons (Fsp3) is 0.474. The lowest BCUT2D eigenvalue weighted by Crippen LogP contribution is -2.47.